The minimum atomic E-state index is -0.903. The molecule has 0 radical (unpaired) electrons. The molecule has 0 aromatic carbocycles. The lowest BCUT2D eigenvalue weighted by atomic mass is 9.63. The lowest BCUT2D eigenvalue weighted by Crippen LogP contribution is -2.49. The van der Waals surface area contributed by atoms with Crippen LogP contribution in [-0.2, 0) is 9.59 Å². The molecule has 2 N–H and O–H groups in total. The summed E-state index contributed by atoms with van der Waals surface area (Å²) in [5, 5.41) is 21.0. The van der Waals surface area contributed by atoms with Crippen molar-refractivity contribution in [2.24, 2.45) is 11.3 Å². The average Bonchev–Trinajstić information content (AvgIpc) is 3.03. The number of rotatable bonds is 12. The van der Waals surface area contributed by atoms with Crippen molar-refractivity contribution in [1.29, 1.82) is 0 Å². The minimum absolute atomic E-state index is 0.356. The first-order chi connectivity index (χ1) is 20.9. The Kier molecular flexibility index (Phi) is 11.8. The molecule has 0 spiro atoms. The Morgan fingerprint density at radius 3 is 1.44 bits per heavy atom. The molecule has 6 heteroatoms. The molecular weight excluding hydrogens is 536 g/mol. The topological polar surface area (TPSA) is 81.1 Å². The van der Waals surface area contributed by atoms with Gasteiger partial charge in [-0.25, -0.2) is 4.79 Å². The van der Waals surface area contributed by atoms with Gasteiger partial charge in [0.2, 0.25) is 0 Å². The standard InChI is InChI=1S/C37H60N2O4/c1-37(25-27-39(30-18-10-4-11-19-30)31-20-12-5-13-21-31)33(32(35(40)41)22-23-34(37)36(42)43)24-26-38(28-14-6-2-7-15-28)29-16-8-3-9-17-29/h22-23,28-31,34H,2-21,24-27H2,1H3,(H,40,41)(H,42,43). The fraction of sp³-hybridized carbons (Fsp3) is 0.838. The molecular formula is C37H60N2O4. The first-order valence-corrected chi connectivity index (χ1v) is 18.3. The Hall–Kier alpha value is -1.66. The quantitative estimate of drug-likeness (QED) is 0.236. The van der Waals surface area contributed by atoms with E-state index in [0.29, 0.717) is 42.6 Å². The predicted molar refractivity (Wildman–Crippen MR) is 173 cm³/mol. The van der Waals surface area contributed by atoms with E-state index in [2.05, 4.69) is 16.7 Å². The van der Waals surface area contributed by atoms with Crippen LogP contribution in [-0.4, -0.2) is 69.2 Å². The van der Waals surface area contributed by atoms with Gasteiger partial charge in [-0.05, 0) is 76.3 Å². The third-order valence-corrected chi connectivity index (χ3v) is 12.3. The number of carboxylic acid groups (broad SMARTS) is 2. The number of aliphatic carboxylic acids is 2. The van der Waals surface area contributed by atoms with Gasteiger partial charge in [0.25, 0.3) is 0 Å². The fourth-order valence-corrected chi connectivity index (χ4v) is 9.86. The molecule has 0 aliphatic heterocycles. The number of carboxylic acids is 2. The Labute approximate surface area is 261 Å². The minimum Gasteiger partial charge on any atom is -0.481 e. The van der Waals surface area contributed by atoms with Gasteiger partial charge in [0.1, 0.15) is 0 Å². The van der Waals surface area contributed by atoms with E-state index >= 15 is 0 Å². The molecule has 4 saturated carbocycles. The van der Waals surface area contributed by atoms with Gasteiger partial charge in [0, 0.05) is 36.1 Å². The third-order valence-electron chi connectivity index (χ3n) is 12.3. The van der Waals surface area contributed by atoms with Crippen molar-refractivity contribution < 1.29 is 19.8 Å². The Bertz CT molecular complexity index is 947. The summed E-state index contributed by atoms with van der Waals surface area (Å²) in [7, 11) is 0. The van der Waals surface area contributed by atoms with E-state index in [4.69, 9.17) is 0 Å². The van der Waals surface area contributed by atoms with Crippen molar-refractivity contribution in [1.82, 2.24) is 9.80 Å². The summed E-state index contributed by atoms with van der Waals surface area (Å²) in [5.41, 5.74) is 0.536. The zero-order valence-corrected chi connectivity index (χ0v) is 27.1. The Morgan fingerprint density at radius 1 is 0.674 bits per heavy atom. The van der Waals surface area contributed by atoms with Crippen LogP contribution in [0.2, 0.25) is 0 Å². The van der Waals surface area contributed by atoms with Crippen LogP contribution < -0.4 is 0 Å². The third kappa shape index (κ3) is 7.95. The molecule has 0 heterocycles. The summed E-state index contributed by atoms with van der Waals surface area (Å²) >= 11 is 0. The first kappa shape index (κ1) is 32.7. The summed E-state index contributed by atoms with van der Waals surface area (Å²) < 4.78 is 0. The first-order valence-electron chi connectivity index (χ1n) is 18.3. The maximum Gasteiger partial charge on any atom is 0.335 e. The van der Waals surface area contributed by atoms with Crippen molar-refractivity contribution in [3.8, 4) is 0 Å². The van der Waals surface area contributed by atoms with Gasteiger partial charge >= 0.3 is 11.9 Å². The summed E-state index contributed by atoms with van der Waals surface area (Å²) in [5.74, 6) is -2.42. The molecule has 5 aliphatic carbocycles. The number of hydrogen-bond acceptors (Lipinski definition) is 4. The summed E-state index contributed by atoms with van der Waals surface area (Å²) in [6, 6.07) is 2.34. The second-order valence-electron chi connectivity index (χ2n) is 14.9. The predicted octanol–water partition coefficient (Wildman–Crippen LogP) is 8.36. The smallest absolute Gasteiger partial charge is 0.335 e. The summed E-state index contributed by atoms with van der Waals surface area (Å²) in [4.78, 5) is 31.1. The SMILES string of the molecule is CC1(CCN(C2CCCCC2)C2CCCCC2)C(CCN(C2CCCCC2)C2CCCCC2)=C(C(=O)O)C=CC1C(=O)O. The Morgan fingerprint density at radius 2 is 1.07 bits per heavy atom. The molecule has 242 valence electrons. The molecule has 0 aromatic rings. The van der Waals surface area contributed by atoms with Crippen LogP contribution in [0.1, 0.15) is 148 Å². The van der Waals surface area contributed by atoms with Gasteiger partial charge in [-0.2, -0.15) is 0 Å². The van der Waals surface area contributed by atoms with Crippen LogP contribution in [0.25, 0.3) is 0 Å². The average molecular weight is 597 g/mol. The number of nitrogens with zero attached hydrogens (tertiary/aromatic N) is 2. The van der Waals surface area contributed by atoms with E-state index in [-0.39, 0.29) is 0 Å². The van der Waals surface area contributed by atoms with Gasteiger partial charge in [0.15, 0.2) is 0 Å². The Balaban J connectivity index is 1.42. The van der Waals surface area contributed by atoms with Crippen LogP contribution in [0, 0.1) is 11.3 Å². The molecule has 6 nitrogen and oxygen atoms in total. The monoisotopic (exact) mass is 596 g/mol. The highest BCUT2D eigenvalue weighted by Crippen LogP contribution is 2.48. The lowest BCUT2D eigenvalue weighted by Gasteiger charge is -2.46. The molecule has 0 saturated heterocycles. The van der Waals surface area contributed by atoms with Crippen LogP contribution in [0.5, 0.6) is 0 Å². The van der Waals surface area contributed by atoms with Crippen molar-refractivity contribution in [2.75, 3.05) is 13.1 Å². The molecule has 43 heavy (non-hydrogen) atoms. The molecule has 5 aliphatic rings. The maximum absolute atomic E-state index is 12.8. The fourth-order valence-electron chi connectivity index (χ4n) is 9.86. The van der Waals surface area contributed by atoms with E-state index in [1.165, 1.54) is 128 Å². The van der Waals surface area contributed by atoms with Crippen molar-refractivity contribution in [3.05, 3.63) is 23.3 Å². The zero-order valence-electron chi connectivity index (χ0n) is 27.1. The van der Waals surface area contributed by atoms with E-state index in [9.17, 15) is 19.8 Å². The normalized spacial score (nSPS) is 29.0. The second kappa shape index (κ2) is 15.6. The van der Waals surface area contributed by atoms with E-state index < -0.39 is 23.3 Å². The highest BCUT2D eigenvalue weighted by atomic mass is 16.4. The molecule has 0 amide bonds. The largest absolute Gasteiger partial charge is 0.481 e. The van der Waals surface area contributed by atoms with Crippen molar-refractivity contribution >= 4 is 11.9 Å². The highest BCUT2D eigenvalue weighted by molar-refractivity contribution is 5.92. The molecule has 2 unspecified atom stereocenters. The van der Waals surface area contributed by atoms with Crippen LogP contribution >= 0.6 is 0 Å². The summed E-state index contributed by atoms with van der Waals surface area (Å²) in [6.07, 6.45) is 30.3. The summed E-state index contributed by atoms with van der Waals surface area (Å²) in [6.45, 7) is 3.82. The highest BCUT2D eigenvalue weighted by Gasteiger charge is 2.46. The van der Waals surface area contributed by atoms with Crippen molar-refractivity contribution in [2.45, 2.75) is 172 Å². The van der Waals surface area contributed by atoms with Crippen LogP contribution in [0.3, 0.4) is 0 Å². The lowest BCUT2D eigenvalue weighted by molar-refractivity contribution is -0.144. The van der Waals surface area contributed by atoms with Gasteiger partial charge in [-0.3, -0.25) is 14.6 Å². The molecule has 2 atom stereocenters. The van der Waals surface area contributed by atoms with Gasteiger partial charge in [-0.1, -0.05) is 96.1 Å². The van der Waals surface area contributed by atoms with Crippen LogP contribution in [0.15, 0.2) is 23.3 Å². The second-order valence-corrected chi connectivity index (χ2v) is 14.9. The van der Waals surface area contributed by atoms with Crippen LogP contribution in [0.4, 0.5) is 0 Å². The van der Waals surface area contributed by atoms with E-state index in [1.807, 2.05) is 0 Å². The van der Waals surface area contributed by atoms with Gasteiger partial charge < -0.3 is 10.2 Å². The molecule has 0 aromatic heterocycles. The van der Waals surface area contributed by atoms with E-state index in [0.717, 1.165) is 18.7 Å². The molecule has 0 bridgehead atoms. The van der Waals surface area contributed by atoms with Gasteiger partial charge in [0.05, 0.1) is 11.5 Å². The number of carbonyl (C=O) groups is 2. The maximum atomic E-state index is 12.8. The van der Waals surface area contributed by atoms with Gasteiger partial charge in [-0.15, -0.1) is 0 Å². The molecule has 4 fully saturated rings. The van der Waals surface area contributed by atoms with E-state index in [1.54, 1.807) is 12.2 Å². The molecule has 5 rings (SSSR count). The number of hydrogen-bond donors (Lipinski definition) is 2. The van der Waals surface area contributed by atoms with Crippen molar-refractivity contribution in [3.63, 3.8) is 0 Å². The zero-order chi connectivity index (χ0) is 30.2.